The molecular weight excluding hydrogens is 559 g/mol. The van der Waals surface area contributed by atoms with Crippen LogP contribution in [0.3, 0.4) is 0 Å². The Hall–Kier alpha value is -3.57. The lowest BCUT2D eigenvalue weighted by atomic mass is 9.90. The molecular formula is C29H31ClF3N5O3. The van der Waals surface area contributed by atoms with Crippen molar-refractivity contribution in [1.29, 1.82) is 0 Å². The second-order valence-corrected chi connectivity index (χ2v) is 11.0. The number of aliphatic carboxylic acids is 1. The molecule has 1 aliphatic carbocycles. The number of carboxylic acids is 1. The highest BCUT2D eigenvalue weighted by Crippen LogP contribution is 2.42. The van der Waals surface area contributed by atoms with Crippen LogP contribution in [0.2, 0.25) is 5.02 Å². The molecule has 0 spiro atoms. The van der Waals surface area contributed by atoms with Crippen molar-refractivity contribution in [2.45, 2.75) is 64.1 Å². The number of rotatable bonds is 9. The van der Waals surface area contributed by atoms with E-state index in [2.05, 4.69) is 14.7 Å². The molecule has 0 bridgehead atoms. The third-order valence-electron chi connectivity index (χ3n) is 8.15. The monoisotopic (exact) mass is 589 g/mol. The van der Waals surface area contributed by atoms with Crippen molar-refractivity contribution in [2.75, 3.05) is 13.6 Å². The van der Waals surface area contributed by atoms with E-state index in [1.165, 1.54) is 0 Å². The first kappa shape index (κ1) is 28.9. The molecule has 4 aromatic rings. The van der Waals surface area contributed by atoms with Crippen molar-refractivity contribution in [3.05, 3.63) is 64.5 Å². The Bertz CT molecular complexity index is 1560. The van der Waals surface area contributed by atoms with E-state index >= 15 is 0 Å². The van der Waals surface area contributed by atoms with E-state index in [-0.39, 0.29) is 35.0 Å². The number of aromatic amines is 1. The quantitative estimate of drug-likeness (QED) is 0.223. The summed E-state index contributed by atoms with van der Waals surface area (Å²) >= 11 is 6.25. The number of benzene rings is 1. The first-order chi connectivity index (χ1) is 19.5. The third-order valence-corrected chi connectivity index (χ3v) is 8.53. The highest BCUT2D eigenvalue weighted by atomic mass is 35.5. The van der Waals surface area contributed by atoms with Gasteiger partial charge in [-0.3, -0.25) is 14.4 Å². The number of pyridine rings is 1. The van der Waals surface area contributed by atoms with Crippen LogP contribution >= 0.6 is 11.6 Å². The Morgan fingerprint density at radius 3 is 2.68 bits per heavy atom. The van der Waals surface area contributed by atoms with Crippen molar-refractivity contribution < 1.29 is 27.8 Å². The molecule has 3 heterocycles. The molecule has 0 radical (unpaired) electrons. The molecule has 41 heavy (non-hydrogen) atoms. The second-order valence-electron chi connectivity index (χ2n) is 10.6. The SMILES string of the molecule is Cc1c(-c2cnc3[nH]cc([C@H](C)c4c(OC(F)F)ccc(F)c4Cl)c3c2)cnn1[C@H]1CC[C@@H](N(C)CC(=O)O)CC1. The molecule has 5 rings (SSSR count). The molecule has 1 atom stereocenters. The molecule has 3 aromatic heterocycles. The summed E-state index contributed by atoms with van der Waals surface area (Å²) in [4.78, 5) is 20.7. The number of alkyl halides is 2. The zero-order valence-electron chi connectivity index (χ0n) is 22.9. The molecule has 0 amide bonds. The van der Waals surface area contributed by atoms with Crippen molar-refractivity contribution in [3.63, 3.8) is 0 Å². The third kappa shape index (κ3) is 5.78. The summed E-state index contributed by atoms with van der Waals surface area (Å²) in [6.45, 7) is 0.707. The summed E-state index contributed by atoms with van der Waals surface area (Å²) in [7, 11) is 1.85. The van der Waals surface area contributed by atoms with Crippen molar-refractivity contribution in [2.24, 2.45) is 0 Å². The molecule has 8 nitrogen and oxygen atoms in total. The van der Waals surface area contributed by atoms with Gasteiger partial charge in [0.25, 0.3) is 0 Å². The molecule has 1 saturated carbocycles. The fraction of sp³-hybridized carbons (Fsp3) is 0.414. The summed E-state index contributed by atoms with van der Waals surface area (Å²) < 4.78 is 47.3. The Balaban J connectivity index is 1.42. The van der Waals surface area contributed by atoms with Gasteiger partial charge in [0.05, 0.1) is 23.8 Å². The Morgan fingerprint density at radius 1 is 1.27 bits per heavy atom. The van der Waals surface area contributed by atoms with Crippen LogP contribution in [0.4, 0.5) is 13.2 Å². The molecule has 1 aliphatic rings. The maximum atomic E-state index is 14.4. The van der Waals surface area contributed by atoms with Crippen LogP contribution < -0.4 is 4.74 Å². The molecule has 2 N–H and O–H groups in total. The van der Waals surface area contributed by atoms with Crippen LogP contribution in [0.25, 0.3) is 22.2 Å². The lowest BCUT2D eigenvalue weighted by Gasteiger charge is -2.34. The largest absolute Gasteiger partial charge is 0.480 e. The summed E-state index contributed by atoms with van der Waals surface area (Å²) in [5.74, 6) is -2.32. The molecule has 12 heteroatoms. The number of fused-ring (bicyclic) bond motifs is 1. The van der Waals surface area contributed by atoms with E-state index in [1.807, 2.05) is 35.8 Å². The van der Waals surface area contributed by atoms with Crippen LogP contribution in [0.15, 0.2) is 36.8 Å². The number of nitrogens with zero attached hydrogens (tertiary/aromatic N) is 4. The summed E-state index contributed by atoms with van der Waals surface area (Å²) in [5, 5.41) is 14.3. The number of ether oxygens (including phenoxy) is 1. The number of hydrogen-bond acceptors (Lipinski definition) is 5. The number of halogens is 4. The molecule has 0 aliphatic heterocycles. The number of carbonyl (C=O) groups is 1. The molecule has 1 aromatic carbocycles. The average Bonchev–Trinajstić information content (AvgIpc) is 3.53. The zero-order chi connectivity index (χ0) is 29.4. The first-order valence-corrected chi connectivity index (χ1v) is 13.8. The van der Waals surface area contributed by atoms with E-state index in [9.17, 15) is 18.0 Å². The standard InChI is InChI=1S/C29H31ClF3N5O3/c1-15(26-24(41-29(32)33)9-8-23(31)27(26)30)21-12-35-28-20(21)10-17(11-34-28)22-13-36-38(16(22)2)19-6-4-18(5-7-19)37(3)14-25(39)40/h8-13,15,18-19,29H,4-7,14H2,1-3H3,(H,34,35)(H,39,40)/t15-,18-,19+/m0/s1. The average molecular weight is 590 g/mol. The number of carboxylic acid groups (broad SMARTS) is 1. The first-order valence-electron chi connectivity index (χ1n) is 13.4. The second kappa shape index (κ2) is 11.7. The van der Waals surface area contributed by atoms with E-state index in [1.54, 1.807) is 19.3 Å². The summed E-state index contributed by atoms with van der Waals surface area (Å²) in [6.07, 6.45) is 8.85. The topological polar surface area (TPSA) is 96.3 Å². The van der Waals surface area contributed by atoms with Gasteiger partial charge in [0.2, 0.25) is 0 Å². The van der Waals surface area contributed by atoms with Crippen molar-refractivity contribution >= 4 is 28.6 Å². The van der Waals surface area contributed by atoms with Crippen LogP contribution in [0.1, 0.15) is 61.4 Å². The van der Waals surface area contributed by atoms with E-state index in [0.29, 0.717) is 11.2 Å². The molecule has 218 valence electrons. The van der Waals surface area contributed by atoms with Crippen LogP contribution in [-0.2, 0) is 4.79 Å². The van der Waals surface area contributed by atoms with Gasteiger partial charge >= 0.3 is 12.6 Å². The summed E-state index contributed by atoms with van der Waals surface area (Å²) in [5.41, 5.74) is 4.16. The highest BCUT2D eigenvalue weighted by molar-refractivity contribution is 6.31. The summed E-state index contributed by atoms with van der Waals surface area (Å²) in [6, 6.07) is 4.56. The van der Waals surface area contributed by atoms with E-state index in [4.69, 9.17) is 21.8 Å². The van der Waals surface area contributed by atoms with Crippen LogP contribution in [0, 0.1) is 12.7 Å². The lowest BCUT2D eigenvalue weighted by Crippen LogP contribution is -2.38. The molecule has 0 unspecified atom stereocenters. The number of likely N-dealkylation sites (N-methyl/N-ethyl adjacent to an activating group) is 1. The highest BCUT2D eigenvalue weighted by Gasteiger charge is 2.28. The minimum absolute atomic E-state index is 0.0293. The number of aromatic nitrogens is 4. The smallest absolute Gasteiger partial charge is 0.387 e. The number of nitrogens with one attached hydrogen (secondary N) is 1. The van der Waals surface area contributed by atoms with Gasteiger partial charge in [0, 0.05) is 52.1 Å². The van der Waals surface area contributed by atoms with Gasteiger partial charge in [-0.1, -0.05) is 18.5 Å². The van der Waals surface area contributed by atoms with Crippen LogP contribution in [-0.4, -0.2) is 62.0 Å². The van der Waals surface area contributed by atoms with Gasteiger partial charge in [-0.25, -0.2) is 9.37 Å². The van der Waals surface area contributed by atoms with Gasteiger partial charge in [0.1, 0.15) is 17.2 Å². The maximum absolute atomic E-state index is 14.4. The van der Waals surface area contributed by atoms with Gasteiger partial charge in [-0.05, 0) is 63.4 Å². The van der Waals surface area contributed by atoms with Crippen molar-refractivity contribution in [3.8, 4) is 16.9 Å². The fourth-order valence-corrected chi connectivity index (χ4v) is 6.32. The normalized spacial score (nSPS) is 18.4. The van der Waals surface area contributed by atoms with E-state index in [0.717, 1.165) is 60.0 Å². The number of H-pyrrole nitrogens is 1. The van der Waals surface area contributed by atoms with Crippen molar-refractivity contribution in [1.82, 2.24) is 24.6 Å². The predicted molar refractivity (Wildman–Crippen MR) is 149 cm³/mol. The Morgan fingerprint density at radius 2 is 2.00 bits per heavy atom. The minimum Gasteiger partial charge on any atom is -0.480 e. The van der Waals surface area contributed by atoms with Gasteiger partial charge < -0.3 is 14.8 Å². The number of hydrogen-bond donors (Lipinski definition) is 2. The van der Waals surface area contributed by atoms with Gasteiger partial charge in [-0.15, -0.1) is 0 Å². The Kier molecular flexibility index (Phi) is 8.28. The minimum atomic E-state index is -3.08. The lowest BCUT2D eigenvalue weighted by molar-refractivity contribution is -0.138. The van der Waals surface area contributed by atoms with Gasteiger partial charge in [0.15, 0.2) is 0 Å². The fourth-order valence-electron chi connectivity index (χ4n) is 6.00. The molecule has 1 fully saturated rings. The zero-order valence-corrected chi connectivity index (χ0v) is 23.6. The van der Waals surface area contributed by atoms with Crippen LogP contribution in [0.5, 0.6) is 5.75 Å². The predicted octanol–water partition coefficient (Wildman–Crippen LogP) is 6.78. The molecule has 0 saturated heterocycles. The maximum Gasteiger partial charge on any atom is 0.387 e. The van der Waals surface area contributed by atoms with E-state index < -0.39 is 24.3 Å². The Labute approximate surface area is 240 Å². The van der Waals surface area contributed by atoms with Gasteiger partial charge in [-0.2, -0.15) is 13.9 Å².